The zero-order valence-electron chi connectivity index (χ0n) is 20.4. The second-order valence-electron chi connectivity index (χ2n) is 6.50. The molecule has 184 valence electrons. The molecule has 1 fully saturated rings. The lowest BCUT2D eigenvalue weighted by molar-refractivity contribution is -0.120. The number of allylic oxidation sites excluding steroid dienone is 1. The van der Waals surface area contributed by atoms with Gasteiger partial charge in [0.25, 0.3) is 5.91 Å². The van der Waals surface area contributed by atoms with Gasteiger partial charge in [0.2, 0.25) is 6.41 Å². The van der Waals surface area contributed by atoms with E-state index >= 15 is 0 Å². The topological polar surface area (TPSA) is 84.6 Å². The number of hydrogen-bond donors (Lipinski definition) is 1. The van der Waals surface area contributed by atoms with Gasteiger partial charge in [0.1, 0.15) is 11.8 Å². The van der Waals surface area contributed by atoms with Crippen LogP contribution in [-0.4, -0.2) is 52.9 Å². The quantitative estimate of drug-likeness (QED) is 0.385. The number of carbonyl (C=O) groups excluding carboxylic acids is 2. The third-order valence-electron chi connectivity index (χ3n) is 4.46. The fraction of sp³-hybridized carbons (Fsp3) is 0.346. The highest BCUT2D eigenvalue weighted by Crippen LogP contribution is 2.35. The van der Waals surface area contributed by atoms with Crippen molar-refractivity contribution < 1.29 is 14.7 Å². The van der Waals surface area contributed by atoms with Crippen LogP contribution < -0.4 is 0 Å². The SMILES string of the molecule is C=CC.CC.CC.N#CC1CN(C(=O)c2cc(-c3ccc(Cl)cc3)c(Cl)cc2O)CCN1C=O. The van der Waals surface area contributed by atoms with Crippen LogP contribution in [0.3, 0.4) is 0 Å². The largest absolute Gasteiger partial charge is 0.507 e. The number of nitriles is 1. The molecule has 0 radical (unpaired) electrons. The summed E-state index contributed by atoms with van der Waals surface area (Å²) in [7, 11) is 0. The molecule has 0 saturated carbocycles. The third-order valence-corrected chi connectivity index (χ3v) is 5.03. The maximum Gasteiger partial charge on any atom is 0.257 e. The normalized spacial score (nSPS) is 14.0. The first kappa shape index (κ1) is 31.0. The predicted octanol–water partition coefficient (Wildman–Crippen LogP) is 6.42. The van der Waals surface area contributed by atoms with Gasteiger partial charge in [0.05, 0.1) is 23.2 Å². The van der Waals surface area contributed by atoms with E-state index in [0.717, 1.165) is 5.56 Å². The molecule has 3 rings (SSSR count). The summed E-state index contributed by atoms with van der Waals surface area (Å²) >= 11 is 12.2. The lowest BCUT2D eigenvalue weighted by atomic mass is 10.0. The Balaban J connectivity index is 0.00000141. The summed E-state index contributed by atoms with van der Waals surface area (Å²) < 4.78 is 0. The van der Waals surface area contributed by atoms with E-state index in [1.165, 1.54) is 21.9 Å². The van der Waals surface area contributed by atoms with Crippen LogP contribution in [0.1, 0.15) is 45.0 Å². The van der Waals surface area contributed by atoms with E-state index in [2.05, 4.69) is 6.58 Å². The van der Waals surface area contributed by atoms with E-state index in [4.69, 9.17) is 23.2 Å². The number of rotatable bonds is 3. The lowest BCUT2D eigenvalue weighted by Gasteiger charge is -2.36. The van der Waals surface area contributed by atoms with Crippen LogP contribution in [-0.2, 0) is 4.79 Å². The average molecular weight is 506 g/mol. The van der Waals surface area contributed by atoms with Gasteiger partial charge >= 0.3 is 0 Å². The molecular weight excluding hydrogens is 473 g/mol. The Morgan fingerprint density at radius 3 is 2.21 bits per heavy atom. The molecule has 1 aliphatic rings. The summed E-state index contributed by atoms with van der Waals surface area (Å²) in [5.74, 6) is -0.667. The molecule has 2 amide bonds. The van der Waals surface area contributed by atoms with Crippen molar-refractivity contribution in [2.75, 3.05) is 19.6 Å². The molecule has 6 nitrogen and oxygen atoms in total. The van der Waals surface area contributed by atoms with E-state index in [9.17, 15) is 20.0 Å². The second kappa shape index (κ2) is 16.6. The van der Waals surface area contributed by atoms with Crippen molar-refractivity contribution in [1.29, 1.82) is 5.26 Å². The Kier molecular flexibility index (Phi) is 15.1. The Morgan fingerprint density at radius 2 is 1.71 bits per heavy atom. The van der Waals surface area contributed by atoms with E-state index in [-0.39, 0.29) is 30.9 Å². The molecule has 2 aromatic rings. The van der Waals surface area contributed by atoms with Crippen molar-refractivity contribution in [2.45, 2.75) is 40.7 Å². The zero-order valence-corrected chi connectivity index (χ0v) is 21.9. The van der Waals surface area contributed by atoms with Crippen LogP contribution in [0.4, 0.5) is 0 Å². The summed E-state index contributed by atoms with van der Waals surface area (Å²) in [4.78, 5) is 26.7. The highest BCUT2D eigenvalue weighted by atomic mass is 35.5. The van der Waals surface area contributed by atoms with Gasteiger partial charge in [-0.1, -0.05) is 69.1 Å². The molecule has 8 heteroatoms. The number of hydrogen-bond acceptors (Lipinski definition) is 4. The molecule has 1 heterocycles. The van der Waals surface area contributed by atoms with Crippen molar-refractivity contribution in [1.82, 2.24) is 9.80 Å². The Hall–Kier alpha value is -3.01. The summed E-state index contributed by atoms with van der Waals surface area (Å²) in [6, 6.07) is 11.1. The van der Waals surface area contributed by atoms with Gasteiger partial charge in [-0.25, -0.2) is 0 Å². The minimum absolute atomic E-state index is 0.0758. The van der Waals surface area contributed by atoms with Crippen LogP contribution in [0.15, 0.2) is 49.1 Å². The molecule has 1 atom stereocenters. The summed E-state index contributed by atoms with van der Waals surface area (Å²) in [6.07, 6.45) is 2.36. The van der Waals surface area contributed by atoms with E-state index in [0.29, 0.717) is 22.0 Å². The predicted molar refractivity (Wildman–Crippen MR) is 140 cm³/mol. The molecule has 1 saturated heterocycles. The molecule has 1 unspecified atom stereocenters. The molecular formula is C26H33Cl2N3O3. The number of nitrogens with zero attached hydrogens (tertiary/aromatic N) is 3. The molecule has 0 aromatic heterocycles. The molecule has 2 aromatic carbocycles. The first-order chi connectivity index (χ1) is 16.4. The van der Waals surface area contributed by atoms with Gasteiger partial charge in [-0.3, -0.25) is 9.59 Å². The maximum atomic E-state index is 12.9. The highest BCUT2D eigenvalue weighted by molar-refractivity contribution is 6.34. The fourth-order valence-electron chi connectivity index (χ4n) is 2.98. The Labute approximate surface area is 213 Å². The van der Waals surface area contributed by atoms with Crippen LogP contribution in [0, 0.1) is 11.3 Å². The number of phenolic OH excluding ortho intramolecular Hbond substituents is 1. The van der Waals surface area contributed by atoms with E-state index in [1.54, 1.807) is 30.3 Å². The summed E-state index contributed by atoms with van der Waals surface area (Å²) in [6.45, 7) is 13.9. The van der Waals surface area contributed by atoms with E-state index < -0.39 is 11.9 Å². The summed E-state index contributed by atoms with van der Waals surface area (Å²) in [5.41, 5.74) is 1.41. The van der Waals surface area contributed by atoms with Crippen LogP contribution in [0.25, 0.3) is 11.1 Å². The first-order valence-corrected chi connectivity index (χ1v) is 11.9. The first-order valence-electron chi connectivity index (χ1n) is 11.1. The Morgan fingerprint density at radius 1 is 1.15 bits per heavy atom. The number of piperazine rings is 1. The van der Waals surface area contributed by atoms with Gasteiger partial charge in [-0.15, -0.1) is 6.58 Å². The average Bonchev–Trinajstić information content (AvgIpc) is 2.87. The van der Waals surface area contributed by atoms with Crippen LogP contribution in [0.5, 0.6) is 5.75 Å². The minimum atomic E-state index is -0.717. The standard InChI is InChI=1S/C19H15Cl2N3O3.C3H6.2C2H6/c20-13-3-1-12(2-4-13)15-7-16(18(26)8-17(15)21)19(27)23-5-6-24(11-25)14(9-22)10-23;1-3-2;2*1-2/h1-4,7-8,11,14,26H,5-6,10H2;3H,1H2,2H3;2*1-2H3. The molecule has 0 aliphatic carbocycles. The highest BCUT2D eigenvalue weighted by Gasteiger charge is 2.30. The molecule has 1 N–H and O–H groups in total. The lowest BCUT2D eigenvalue weighted by Crippen LogP contribution is -2.53. The smallest absolute Gasteiger partial charge is 0.257 e. The fourth-order valence-corrected chi connectivity index (χ4v) is 3.37. The van der Waals surface area contributed by atoms with Gasteiger partial charge in [0.15, 0.2) is 0 Å². The Bertz CT molecular complexity index is 972. The number of carbonyl (C=O) groups is 2. The van der Waals surface area contributed by atoms with Gasteiger partial charge in [-0.2, -0.15) is 5.26 Å². The van der Waals surface area contributed by atoms with Crippen molar-refractivity contribution in [3.63, 3.8) is 0 Å². The monoisotopic (exact) mass is 505 g/mol. The van der Waals surface area contributed by atoms with Gasteiger partial charge in [0, 0.05) is 23.7 Å². The molecule has 0 bridgehead atoms. The number of aromatic hydroxyl groups is 1. The van der Waals surface area contributed by atoms with Crippen LogP contribution >= 0.6 is 23.2 Å². The number of halogens is 2. The molecule has 1 aliphatic heterocycles. The van der Waals surface area contributed by atoms with Crippen molar-refractivity contribution in [3.05, 3.63) is 64.7 Å². The van der Waals surface area contributed by atoms with Crippen molar-refractivity contribution >= 4 is 35.5 Å². The van der Waals surface area contributed by atoms with Gasteiger partial charge < -0.3 is 14.9 Å². The van der Waals surface area contributed by atoms with Gasteiger partial charge in [-0.05, 0) is 36.8 Å². The third kappa shape index (κ3) is 8.40. The number of phenols is 1. The molecule has 0 spiro atoms. The summed E-state index contributed by atoms with van der Waals surface area (Å²) in [5, 5.41) is 20.3. The minimum Gasteiger partial charge on any atom is -0.507 e. The second-order valence-corrected chi connectivity index (χ2v) is 7.35. The maximum absolute atomic E-state index is 12.9. The van der Waals surface area contributed by atoms with Crippen molar-refractivity contribution in [2.24, 2.45) is 0 Å². The number of benzene rings is 2. The molecule has 34 heavy (non-hydrogen) atoms. The zero-order chi connectivity index (χ0) is 26.3. The van der Waals surface area contributed by atoms with Crippen LogP contribution in [0.2, 0.25) is 10.0 Å². The van der Waals surface area contributed by atoms with Crippen molar-refractivity contribution in [3.8, 4) is 22.9 Å². The number of amides is 2. The van der Waals surface area contributed by atoms with E-state index in [1.807, 2.05) is 40.7 Å².